The van der Waals surface area contributed by atoms with Gasteiger partial charge in [-0.2, -0.15) is 0 Å². The summed E-state index contributed by atoms with van der Waals surface area (Å²) in [6.07, 6.45) is 8.90. The zero-order valence-corrected chi connectivity index (χ0v) is 12.9. The van der Waals surface area contributed by atoms with Gasteiger partial charge in [-0.25, -0.2) is 0 Å². The molecule has 0 aliphatic heterocycles. The topological polar surface area (TPSA) is 29.1 Å². The number of anilines is 1. The van der Waals surface area contributed by atoms with Crippen molar-refractivity contribution in [3.8, 4) is 0 Å². The molecule has 112 valence electrons. The Hall–Kier alpha value is -1.31. The Kier molecular flexibility index (Phi) is 3.09. The number of rotatable bonds is 2. The second-order valence-corrected chi connectivity index (χ2v) is 7.86. The van der Waals surface area contributed by atoms with Gasteiger partial charge < -0.3 is 5.32 Å². The largest absolute Gasteiger partial charge is 0.326 e. The highest BCUT2D eigenvalue weighted by Crippen LogP contribution is 2.58. The summed E-state index contributed by atoms with van der Waals surface area (Å²) >= 11 is 0. The fraction of sp³-hybridized carbons (Fsp3) is 0.632. The summed E-state index contributed by atoms with van der Waals surface area (Å²) in [5, 5.41) is 3.22. The number of carbonyl (C=O) groups excluding carboxylic acids is 1. The molecule has 4 fully saturated rings. The average molecular weight is 283 g/mol. The number of benzene rings is 1. The second-order valence-electron chi connectivity index (χ2n) is 7.86. The maximum absolute atomic E-state index is 13.0. The zero-order chi connectivity index (χ0) is 14.4. The molecule has 2 heteroatoms. The van der Waals surface area contributed by atoms with Crippen molar-refractivity contribution in [3.63, 3.8) is 0 Å². The summed E-state index contributed by atoms with van der Waals surface area (Å²) in [6.45, 7) is 2.08. The predicted octanol–water partition coefficient (Wildman–Crippen LogP) is 4.54. The highest BCUT2D eigenvalue weighted by atomic mass is 16.2. The molecule has 1 amide bonds. The lowest BCUT2D eigenvalue weighted by Crippen LogP contribution is -2.45. The molecule has 21 heavy (non-hydrogen) atoms. The molecule has 5 rings (SSSR count). The van der Waals surface area contributed by atoms with Crippen LogP contribution in [-0.2, 0) is 4.79 Å². The Morgan fingerprint density at radius 1 is 1.00 bits per heavy atom. The highest BCUT2D eigenvalue weighted by Gasteiger charge is 2.52. The Bertz CT molecular complexity index is 531. The second kappa shape index (κ2) is 4.86. The number of fused-ring (bicyclic) bond motifs is 1. The molecule has 4 bridgehead atoms. The van der Waals surface area contributed by atoms with Crippen LogP contribution in [0.15, 0.2) is 24.3 Å². The average Bonchev–Trinajstić information content (AvgIpc) is 2.68. The summed E-state index contributed by atoms with van der Waals surface area (Å²) in [4.78, 5) is 13.0. The van der Waals surface area contributed by atoms with Gasteiger partial charge in [0.2, 0.25) is 5.91 Å². The van der Waals surface area contributed by atoms with Gasteiger partial charge in [-0.3, -0.25) is 4.79 Å². The van der Waals surface area contributed by atoms with Crippen LogP contribution in [0.5, 0.6) is 0 Å². The number of hydrogen-bond acceptors (Lipinski definition) is 1. The summed E-state index contributed by atoms with van der Waals surface area (Å²) in [5.74, 6) is 2.72. The minimum absolute atomic E-state index is 0.0577. The molecule has 1 N–H and O–H groups in total. The Labute approximate surface area is 127 Å². The van der Waals surface area contributed by atoms with Crippen molar-refractivity contribution in [3.05, 3.63) is 29.8 Å². The first kappa shape index (κ1) is 13.4. The van der Waals surface area contributed by atoms with Crippen LogP contribution in [0.1, 0.15) is 50.5 Å². The van der Waals surface area contributed by atoms with E-state index in [1.807, 2.05) is 12.1 Å². The van der Waals surface area contributed by atoms with Crippen molar-refractivity contribution in [2.45, 2.75) is 51.9 Å². The van der Waals surface area contributed by atoms with E-state index in [1.54, 1.807) is 0 Å². The summed E-state index contributed by atoms with van der Waals surface area (Å²) in [7, 11) is 0. The zero-order valence-electron chi connectivity index (χ0n) is 12.9. The van der Waals surface area contributed by atoms with Gasteiger partial charge in [-0.05, 0) is 68.9 Å². The maximum Gasteiger partial charge on any atom is 0.230 e. The molecular weight excluding hydrogens is 258 g/mol. The van der Waals surface area contributed by atoms with E-state index in [1.165, 1.54) is 31.2 Å². The van der Waals surface area contributed by atoms with Gasteiger partial charge in [0.1, 0.15) is 0 Å². The van der Waals surface area contributed by atoms with Gasteiger partial charge in [0.25, 0.3) is 0 Å². The van der Waals surface area contributed by atoms with Gasteiger partial charge in [-0.1, -0.05) is 30.5 Å². The summed E-state index contributed by atoms with van der Waals surface area (Å²) in [6, 6.07) is 8.20. The van der Waals surface area contributed by atoms with Gasteiger partial charge in [0.15, 0.2) is 0 Å². The van der Waals surface area contributed by atoms with Crippen LogP contribution in [0.2, 0.25) is 0 Å². The van der Waals surface area contributed by atoms with E-state index in [0.29, 0.717) is 5.91 Å². The predicted molar refractivity (Wildman–Crippen MR) is 85.0 cm³/mol. The van der Waals surface area contributed by atoms with Crippen molar-refractivity contribution in [1.82, 2.24) is 0 Å². The van der Waals surface area contributed by atoms with Gasteiger partial charge in [0.05, 0.1) is 5.41 Å². The first-order chi connectivity index (χ1) is 10.1. The molecule has 4 atom stereocenters. The van der Waals surface area contributed by atoms with Crippen molar-refractivity contribution in [2.24, 2.45) is 23.2 Å². The van der Waals surface area contributed by atoms with Crippen molar-refractivity contribution in [2.75, 3.05) is 5.32 Å². The number of amides is 1. The summed E-state index contributed by atoms with van der Waals surface area (Å²) < 4.78 is 0. The smallest absolute Gasteiger partial charge is 0.230 e. The number of carbonyl (C=O) groups is 1. The third kappa shape index (κ3) is 2.39. The fourth-order valence-electron chi connectivity index (χ4n) is 5.37. The quantitative estimate of drug-likeness (QED) is 0.848. The molecule has 4 saturated carbocycles. The standard InChI is InChI=1S/C19H25NO/c1-13-2-6-17(7-3-13)20-18(21)19-10-14-4-5-15(11-19)9-16(8-14)12-19/h2-3,6-7,14-16H,4-5,8-12H2,1H3,(H,20,21)/t14-,15+,16?,19?. The third-order valence-corrected chi connectivity index (χ3v) is 6.15. The molecule has 1 aromatic rings. The van der Waals surface area contributed by atoms with E-state index in [2.05, 4.69) is 24.4 Å². The van der Waals surface area contributed by atoms with Crippen LogP contribution in [0.3, 0.4) is 0 Å². The molecular formula is C19H25NO. The molecule has 4 aliphatic carbocycles. The van der Waals surface area contributed by atoms with E-state index >= 15 is 0 Å². The van der Waals surface area contributed by atoms with Gasteiger partial charge >= 0.3 is 0 Å². The monoisotopic (exact) mass is 283 g/mol. The molecule has 1 aromatic carbocycles. The molecule has 0 radical (unpaired) electrons. The molecule has 0 saturated heterocycles. The lowest BCUT2D eigenvalue weighted by molar-refractivity contribution is -0.132. The molecule has 4 aliphatic rings. The molecule has 0 spiro atoms. The lowest BCUT2D eigenvalue weighted by atomic mass is 9.58. The third-order valence-electron chi connectivity index (χ3n) is 6.15. The molecule has 0 aromatic heterocycles. The molecule has 2 unspecified atom stereocenters. The molecule has 2 nitrogen and oxygen atoms in total. The molecule has 0 heterocycles. The maximum atomic E-state index is 13.0. The number of nitrogens with one attached hydrogen (secondary N) is 1. The van der Waals surface area contributed by atoms with Crippen molar-refractivity contribution < 1.29 is 4.79 Å². The van der Waals surface area contributed by atoms with E-state index in [0.717, 1.165) is 42.7 Å². The Balaban J connectivity index is 1.57. The van der Waals surface area contributed by atoms with E-state index in [9.17, 15) is 4.79 Å². The Morgan fingerprint density at radius 3 is 2.19 bits per heavy atom. The van der Waals surface area contributed by atoms with E-state index in [4.69, 9.17) is 0 Å². The number of hydrogen-bond donors (Lipinski definition) is 1. The summed E-state index contributed by atoms with van der Waals surface area (Å²) in [5.41, 5.74) is 2.14. The van der Waals surface area contributed by atoms with Gasteiger partial charge in [-0.15, -0.1) is 0 Å². The van der Waals surface area contributed by atoms with Crippen molar-refractivity contribution in [1.29, 1.82) is 0 Å². The van der Waals surface area contributed by atoms with Crippen LogP contribution in [0, 0.1) is 30.1 Å². The van der Waals surface area contributed by atoms with Crippen LogP contribution < -0.4 is 5.32 Å². The van der Waals surface area contributed by atoms with Crippen LogP contribution in [0.25, 0.3) is 0 Å². The van der Waals surface area contributed by atoms with E-state index < -0.39 is 0 Å². The first-order valence-electron chi connectivity index (χ1n) is 8.51. The first-order valence-corrected chi connectivity index (χ1v) is 8.51. The fourth-order valence-corrected chi connectivity index (χ4v) is 5.37. The minimum Gasteiger partial charge on any atom is -0.326 e. The lowest BCUT2D eigenvalue weighted by Gasteiger charge is -2.47. The minimum atomic E-state index is -0.0577. The Morgan fingerprint density at radius 2 is 1.57 bits per heavy atom. The van der Waals surface area contributed by atoms with Gasteiger partial charge in [0, 0.05) is 5.69 Å². The van der Waals surface area contributed by atoms with E-state index in [-0.39, 0.29) is 5.41 Å². The SMILES string of the molecule is Cc1ccc(NC(=O)C23CC4C[C@@H](CC[C@@H](C4)C2)C3)cc1. The normalized spacial score (nSPS) is 37.3. The number of aryl methyl sites for hydroxylation is 1. The van der Waals surface area contributed by atoms with Crippen molar-refractivity contribution >= 4 is 11.6 Å². The van der Waals surface area contributed by atoms with Crippen LogP contribution in [-0.4, -0.2) is 5.91 Å². The van der Waals surface area contributed by atoms with Crippen LogP contribution >= 0.6 is 0 Å². The highest BCUT2D eigenvalue weighted by molar-refractivity contribution is 5.95. The van der Waals surface area contributed by atoms with Crippen LogP contribution in [0.4, 0.5) is 5.69 Å².